The van der Waals surface area contributed by atoms with Gasteiger partial charge < -0.3 is 14.6 Å². The summed E-state index contributed by atoms with van der Waals surface area (Å²) >= 11 is 0. The van der Waals surface area contributed by atoms with Gasteiger partial charge in [0.15, 0.2) is 5.82 Å². The van der Waals surface area contributed by atoms with Crippen LogP contribution in [0.25, 0.3) is 17.5 Å². The summed E-state index contributed by atoms with van der Waals surface area (Å²) in [4.78, 5) is 12.6. The molecule has 2 aromatic carbocycles. The van der Waals surface area contributed by atoms with Crippen LogP contribution in [0.15, 0.2) is 60.4 Å². The van der Waals surface area contributed by atoms with E-state index in [9.17, 15) is 4.79 Å². The summed E-state index contributed by atoms with van der Waals surface area (Å²) in [5.74, 6) is 1.40. The molecule has 6 nitrogen and oxygen atoms in total. The number of amides is 1. The van der Waals surface area contributed by atoms with Crippen LogP contribution >= 0.6 is 0 Å². The summed E-state index contributed by atoms with van der Waals surface area (Å²) in [7, 11) is 0. The summed E-state index contributed by atoms with van der Waals surface area (Å²) in [6.45, 7) is 3.07. The predicted octanol–water partition coefficient (Wildman–Crippen LogP) is 3.38. The van der Waals surface area contributed by atoms with Gasteiger partial charge in [-0.1, -0.05) is 30.3 Å². The van der Waals surface area contributed by atoms with E-state index in [4.69, 9.17) is 4.74 Å². The van der Waals surface area contributed by atoms with Gasteiger partial charge in [-0.25, -0.2) is 0 Å². The lowest BCUT2D eigenvalue weighted by Crippen LogP contribution is -2.21. The number of carbonyl (C=O) groups excluding carboxylic acids is 1. The first-order valence-electron chi connectivity index (χ1n) is 8.46. The molecule has 4 rings (SSSR count). The Morgan fingerprint density at radius 1 is 1.23 bits per heavy atom. The summed E-state index contributed by atoms with van der Waals surface area (Å²) < 4.78 is 7.61. The third kappa shape index (κ3) is 3.09. The van der Waals surface area contributed by atoms with Crippen LogP contribution < -0.4 is 10.1 Å². The molecule has 1 aromatic heterocycles. The molecule has 3 aromatic rings. The SMILES string of the molecule is CCn1cnnc1-c1cccc(NC(=O)C2=Cc3ccccc3OC2)c1. The van der Waals surface area contributed by atoms with E-state index < -0.39 is 0 Å². The number of benzene rings is 2. The quantitative estimate of drug-likeness (QED) is 0.786. The van der Waals surface area contributed by atoms with E-state index in [1.165, 1.54) is 0 Å². The van der Waals surface area contributed by atoms with Crippen LogP contribution in [0.3, 0.4) is 0 Å². The number of aryl methyl sites for hydroxylation is 1. The minimum absolute atomic E-state index is 0.173. The van der Waals surface area contributed by atoms with E-state index in [0.29, 0.717) is 11.3 Å². The number of carbonyl (C=O) groups is 1. The Kier molecular flexibility index (Phi) is 4.23. The average Bonchev–Trinajstić information content (AvgIpc) is 3.16. The predicted molar refractivity (Wildman–Crippen MR) is 99.7 cm³/mol. The molecule has 0 saturated heterocycles. The highest BCUT2D eigenvalue weighted by molar-refractivity contribution is 6.07. The van der Waals surface area contributed by atoms with Crippen LogP contribution in [0.1, 0.15) is 12.5 Å². The number of aromatic nitrogens is 3. The van der Waals surface area contributed by atoms with Crippen molar-refractivity contribution in [3.63, 3.8) is 0 Å². The van der Waals surface area contributed by atoms with E-state index in [2.05, 4.69) is 15.5 Å². The zero-order valence-corrected chi connectivity index (χ0v) is 14.3. The van der Waals surface area contributed by atoms with Crippen molar-refractivity contribution in [2.45, 2.75) is 13.5 Å². The summed E-state index contributed by atoms with van der Waals surface area (Å²) in [5, 5.41) is 11.1. The minimum atomic E-state index is -0.173. The van der Waals surface area contributed by atoms with Crippen LogP contribution in [0, 0.1) is 0 Å². The first kappa shape index (κ1) is 16.1. The molecule has 1 aliphatic rings. The summed E-state index contributed by atoms with van der Waals surface area (Å²) in [6, 6.07) is 15.3. The molecule has 0 bridgehead atoms. The maximum absolute atomic E-state index is 12.6. The number of nitrogens with one attached hydrogen (secondary N) is 1. The third-order valence-electron chi connectivity index (χ3n) is 4.26. The maximum Gasteiger partial charge on any atom is 0.255 e. The van der Waals surface area contributed by atoms with Gasteiger partial charge in [-0.2, -0.15) is 0 Å². The van der Waals surface area contributed by atoms with Crippen molar-refractivity contribution in [1.82, 2.24) is 14.8 Å². The van der Waals surface area contributed by atoms with Gasteiger partial charge in [-0.15, -0.1) is 10.2 Å². The first-order valence-corrected chi connectivity index (χ1v) is 8.46. The van der Waals surface area contributed by atoms with E-state index >= 15 is 0 Å². The topological polar surface area (TPSA) is 69.0 Å². The molecule has 0 spiro atoms. The van der Waals surface area contributed by atoms with Gasteiger partial charge in [0.25, 0.3) is 5.91 Å². The van der Waals surface area contributed by atoms with Gasteiger partial charge in [-0.05, 0) is 31.2 Å². The molecule has 0 radical (unpaired) electrons. The Bertz CT molecular complexity index is 991. The maximum atomic E-state index is 12.6. The number of hydrogen-bond donors (Lipinski definition) is 1. The zero-order valence-electron chi connectivity index (χ0n) is 14.3. The van der Waals surface area contributed by atoms with Crippen molar-refractivity contribution in [3.05, 3.63) is 66.0 Å². The van der Waals surface area contributed by atoms with Gasteiger partial charge in [0.2, 0.25) is 0 Å². The number of para-hydroxylation sites is 1. The average molecular weight is 346 g/mol. The molecule has 0 unspecified atom stereocenters. The minimum Gasteiger partial charge on any atom is -0.488 e. The smallest absolute Gasteiger partial charge is 0.255 e. The lowest BCUT2D eigenvalue weighted by molar-refractivity contribution is -0.113. The van der Waals surface area contributed by atoms with Crippen LogP contribution in [-0.4, -0.2) is 27.3 Å². The summed E-state index contributed by atoms with van der Waals surface area (Å²) in [5.41, 5.74) is 3.11. The van der Waals surface area contributed by atoms with Gasteiger partial charge in [0, 0.05) is 23.4 Å². The lowest BCUT2D eigenvalue weighted by atomic mass is 10.1. The van der Waals surface area contributed by atoms with Gasteiger partial charge >= 0.3 is 0 Å². The lowest BCUT2D eigenvalue weighted by Gasteiger charge is -2.17. The van der Waals surface area contributed by atoms with Crippen LogP contribution in [0.2, 0.25) is 0 Å². The molecule has 0 aliphatic carbocycles. The highest BCUT2D eigenvalue weighted by atomic mass is 16.5. The molecule has 1 amide bonds. The molecular formula is C20H18N4O2. The van der Waals surface area contributed by atoms with E-state index in [-0.39, 0.29) is 12.5 Å². The monoisotopic (exact) mass is 346 g/mol. The van der Waals surface area contributed by atoms with Gasteiger partial charge in [-0.3, -0.25) is 4.79 Å². The van der Waals surface area contributed by atoms with Crippen molar-refractivity contribution in [2.75, 3.05) is 11.9 Å². The molecular weight excluding hydrogens is 328 g/mol. The fourth-order valence-corrected chi connectivity index (χ4v) is 2.90. The molecule has 130 valence electrons. The van der Waals surface area contributed by atoms with Crippen LogP contribution in [0.4, 0.5) is 5.69 Å². The van der Waals surface area contributed by atoms with Crippen LogP contribution in [0.5, 0.6) is 5.75 Å². The van der Waals surface area contributed by atoms with Crippen LogP contribution in [-0.2, 0) is 11.3 Å². The van der Waals surface area contributed by atoms with Gasteiger partial charge in [0.1, 0.15) is 18.7 Å². The van der Waals surface area contributed by atoms with Crippen molar-refractivity contribution >= 4 is 17.7 Å². The molecule has 0 saturated carbocycles. The van der Waals surface area contributed by atoms with E-state index in [1.54, 1.807) is 6.33 Å². The summed E-state index contributed by atoms with van der Waals surface area (Å²) in [6.07, 6.45) is 3.56. The Hall–Kier alpha value is -3.41. The van der Waals surface area contributed by atoms with E-state index in [0.717, 1.165) is 29.2 Å². The molecule has 0 fully saturated rings. The Balaban J connectivity index is 1.56. The molecule has 2 heterocycles. The zero-order chi connectivity index (χ0) is 17.9. The Labute approximate surface area is 151 Å². The number of rotatable bonds is 4. The highest BCUT2D eigenvalue weighted by Gasteiger charge is 2.17. The Morgan fingerprint density at radius 3 is 3.00 bits per heavy atom. The molecule has 0 atom stereocenters. The van der Waals surface area contributed by atoms with Crippen molar-refractivity contribution in [3.8, 4) is 17.1 Å². The second-order valence-corrected chi connectivity index (χ2v) is 5.97. The highest BCUT2D eigenvalue weighted by Crippen LogP contribution is 2.27. The fraction of sp³-hybridized carbons (Fsp3) is 0.150. The third-order valence-corrected chi connectivity index (χ3v) is 4.26. The number of anilines is 1. The largest absolute Gasteiger partial charge is 0.488 e. The second-order valence-electron chi connectivity index (χ2n) is 5.97. The number of fused-ring (bicyclic) bond motifs is 1. The second kappa shape index (κ2) is 6.84. The molecule has 1 N–H and O–H groups in total. The number of nitrogens with zero attached hydrogens (tertiary/aromatic N) is 3. The van der Waals surface area contributed by atoms with Crippen molar-refractivity contribution in [2.24, 2.45) is 0 Å². The normalized spacial score (nSPS) is 12.7. The number of hydrogen-bond acceptors (Lipinski definition) is 4. The van der Waals surface area contributed by atoms with E-state index in [1.807, 2.05) is 66.1 Å². The molecule has 1 aliphatic heterocycles. The van der Waals surface area contributed by atoms with Gasteiger partial charge in [0.05, 0.1) is 5.57 Å². The Morgan fingerprint density at radius 2 is 2.12 bits per heavy atom. The standard InChI is InChI=1S/C20H18N4O2/c1-2-24-13-21-23-19(24)15-7-5-8-17(11-15)22-20(25)16-10-14-6-3-4-9-18(14)26-12-16/h3-11,13H,2,12H2,1H3,(H,22,25). The first-order chi connectivity index (χ1) is 12.7. The fourth-order valence-electron chi connectivity index (χ4n) is 2.90. The van der Waals surface area contributed by atoms with Crippen molar-refractivity contribution in [1.29, 1.82) is 0 Å². The molecule has 6 heteroatoms. The molecule has 26 heavy (non-hydrogen) atoms. The van der Waals surface area contributed by atoms with Crippen molar-refractivity contribution < 1.29 is 9.53 Å². The number of ether oxygens (including phenoxy) is 1.